The average Bonchev–Trinajstić information content (AvgIpc) is 2.55. The van der Waals surface area contributed by atoms with Gasteiger partial charge in [-0.05, 0) is 55.2 Å². The van der Waals surface area contributed by atoms with E-state index in [2.05, 4.69) is 24.0 Å². The van der Waals surface area contributed by atoms with Crippen molar-refractivity contribution in [1.29, 1.82) is 0 Å². The van der Waals surface area contributed by atoms with Gasteiger partial charge in [-0.1, -0.05) is 58.3 Å². The van der Waals surface area contributed by atoms with Gasteiger partial charge >= 0.3 is 0 Å². The Morgan fingerprint density at radius 3 is 2.14 bits per heavy atom. The molecule has 0 bridgehead atoms. The van der Waals surface area contributed by atoms with Crippen molar-refractivity contribution in [2.45, 2.75) is 89.9 Å². The first-order valence-electron chi connectivity index (χ1n) is 9.30. The molecule has 1 heteroatoms. The minimum Gasteiger partial charge on any atom is -0.265 e. The highest BCUT2D eigenvalue weighted by Crippen LogP contribution is 2.37. The molecule has 0 aromatic carbocycles. The second-order valence-corrected chi connectivity index (χ2v) is 6.91. The van der Waals surface area contributed by atoms with Gasteiger partial charge in [-0.25, -0.2) is 0 Å². The van der Waals surface area contributed by atoms with E-state index in [1.165, 1.54) is 82.6 Å². The summed E-state index contributed by atoms with van der Waals surface area (Å²) in [6, 6.07) is 4.42. The zero-order valence-corrected chi connectivity index (χ0v) is 13.9. The molecular formula is C20H33N. The summed E-state index contributed by atoms with van der Waals surface area (Å²) in [6.07, 6.45) is 21.2. The molecule has 0 amide bonds. The lowest BCUT2D eigenvalue weighted by Gasteiger charge is -2.28. The van der Waals surface area contributed by atoms with Crippen molar-refractivity contribution in [2.24, 2.45) is 5.92 Å². The third-order valence-electron chi connectivity index (χ3n) is 5.24. The first-order chi connectivity index (χ1) is 10.4. The second-order valence-electron chi connectivity index (χ2n) is 6.91. The molecule has 0 atom stereocenters. The van der Waals surface area contributed by atoms with E-state index >= 15 is 0 Å². The molecule has 0 saturated heterocycles. The Labute approximate surface area is 131 Å². The summed E-state index contributed by atoms with van der Waals surface area (Å²) < 4.78 is 0. The maximum absolute atomic E-state index is 4.13. The Balaban J connectivity index is 1.53. The number of hydrogen-bond donors (Lipinski definition) is 0. The summed E-state index contributed by atoms with van der Waals surface area (Å²) in [6.45, 7) is 2.29. The molecule has 0 spiro atoms. The van der Waals surface area contributed by atoms with Crippen molar-refractivity contribution < 1.29 is 0 Å². The molecule has 1 fully saturated rings. The van der Waals surface area contributed by atoms with Crippen molar-refractivity contribution >= 4 is 0 Å². The lowest BCUT2D eigenvalue weighted by Crippen LogP contribution is -2.13. The van der Waals surface area contributed by atoms with E-state index in [0.29, 0.717) is 0 Å². The van der Waals surface area contributed by atoms with Gasteiger partial charge in [-0.15, -0.1) is 0 Å². The van der Waals surface area contributed by atoms with Crippen LogP contribution in [0.5, 0.6) is 0 Å². The molecule has 2 rings (SSSR count). The van der Waals surface area contributed by atoms with E-state index in [-0.39, 0.29) is 0 Å². The first kappa shape index (κ1) is 16.5. The zero-order chi connectivity index (χ0) is 14.8. The number of unbranched alkanes of at least 4 members (excludes halogenated alkanes) is 6. The summed E-state index contributed by atoms with van der Waals surface area (Å²) in [4.78, 5) is 4.13. The van der Waals surface area contributed by atoms with E-state index in [0.717, 1.165) is 11.8 Å². The fourth-order valence-electron chi connectivity index (χ4n) is 3.81. The van der Waals surface area contributed by atoms with Crippen LogP contribution in [0.2, 0.25) is 0 Å². The highest BCUT2D eigenvalue weighted by molar-refractivity contribution is 5.16. The van der Waals surface area contributed by atoms with Crippen LogP contribution < -0.4 is 0 Å². The number of rotatable bonds is 9. The number of nitrogens with zero attached hydrogens (tertiary/aromatic N) is 1. The Morgan fingerprint density at radius 2 is 1.48 bits per heavy atom. The number of hydrogen-bond acceptors (Lipinski definition) is 1. The largest absolute Gasteiger partial charge is 0.265 e. The quantitative estimate of drug-likeness (QED) is 0.473. The van der Waals surface area contributed by atoms with Gasteiger partial charge in [0, 0.05) is 12.4 Å². The van der Waals surface area contributed by atoms with E-state index < -0.39 is 0 Å². The van der Waals surface area contributed by atoms with E-state index in [9.17, 15) is 0 Å². The monoisotopic (exact) mass is 287 g/mol. The molecule has 1 aromatic rings. The molecule has 1 nitrogen and oxygen atoms in total. The fourth-order valence-corrected chi connectivity index (χ4v) is 3.81. The van der Waals surface area contributed by atoms with Gasteiger partial charge in [0.15, 0.2) is 0 Å². The van der Waals surface area contributed by atoms with Crippen LogP contribution in [0.1, 0.15) is 95.5 Å². The minimum absolute atomic E-state index is 0.804. The summed E-state index contributed by atoms with van der Waals surface area (Å²) in [7, 11) is 0. The molecule has 1 aliphatic rings. The van der Waals surface area contributed by atoms with Crippen LogP contribution in [0, 0.1) is 5.92 Å². The zero-order valence-electron chi connectivity index (χ0n) is 13.9. The molecule has 0 radical (unpaired) electrons. The maximum Gasteiger partial charge on any atom is 0.0270 e. The number of pyridine rings is 1. The van der Waals surface area contributed by atoms with Crippen molar-refractivity contribution in [3.05, 3.63) is 30.1 Å². The van der Waals surface area contributed by atoms with Gasteiger partial charge in [0.1, 0.15) is 0 Å². The van der Waals surface area contributed by atoms with Crippen LogP contribution in [-0.4, -0.2) is 4.98 Å². The predicted molar refractivity (Wildman–Crippen MR) is 91.5 cm³/mol. The summed E-state index contributed by atoms with van der Waals surface area (Å²) in [5.74, 6) is 1.82. The topological polar surface area (TPSA) is 12.9 Å². The third kappa shape index (κ3) is 6.20. The van der Waals surface area contributed by atoms with E-state index in [1.807, 2.05) is 12.4 Å². The van der Waals surface area contributed by atoms with Gasteiger partial charge < -0.3 is 0 Å². The average molecular weight is 287 g/mol. The molecule has 0 aliphatic heterocycles. The summed E-state index contributed by atoms with van der Waals surface area (Å²) >= 11 is 0. The molecule has 1 saturated carbocycles. The Morgan fingerprint density at radius 1 is 0.857 bits per heavy atom. The first-order valence-corrected chi connectivity index (χ1v) is 9.30. The Bertz CT molecular complexity index is 351. The van der Waals surface area contributed by atoms with Gasteiger partial charge in [-0.2, -0.15) is 0 Å². The van der Waals surface area contributed by atoms with Gasteiger partial charge in [0.05, 0.1) is 0 Å². The SMILES string of the molecule is CCCCCCCCCC1CCC(c2ccncc2)CC1. The lowest BCUT2D eigenvalue weighted by molar-refractivity contribution is 0.301. The number of aromatic nitrogens is 1. The molecule has 1 heterocycles. The standard InChI is InChI=1S/C20H33N/c1-2-3-4-5-6-7-8-9-18-10-12-19(13-11-18)20-14-16-21-17-15-20/h14-19H,2-13H2,1H3. The second kappa shape index (κ2) is 9.97. The lowest BCUT2D eigenvalue weighted by atomic mass is 9.77. The highest BCUT2D eigenvalue weighted by Gasteiger charge is 2.21. The molecule has 1 aliphatic carbocycles. The van der Waals surface area contributed by atoms with Crippen LogP contribution in [0.25, 0.3) is 0 Å². The van der Waals surface area contributed by atoms with E-state index in [4.69, 9.17) is 0 Å². The Hall–Kier alpha value is -0.850. The third-order valence-corrected chi connectivity index (χ3v) is 5.24. The van der Waals surface area contributed by atoms with Crippen molar-refractivity contribution in [2.75, 3.05) is 0 Å². The molecule has 21 heavy (non-hydrogen) atoms. The van der Waals surface area contributed by atoms with Crippen LogP contribution in [-0.2, 0) is 0 Å². The molecule has 0 N–H and O–H groups in total. The summed E-state index contributed by atoms with van der Waals surface area (Å²) in [5.41, 5.74) is 1.51. The van der Waals surface area contributed by atoms with Crippen LogP contribution in [0.3, 0.4) is 0 Å². The van der Waals surface area contributed by atoms with Crippen molar-refractivity contribution in [3.8, 4) is 0 Å². The van der Waals surface area contributed by atoms with Crippen molar-refractivity contribution in [3.63, 3.8) is 0 Å². The smallest absolute Gasteiger partial charge is 0.0270 e. The molecule has 0 unspecified atom stereocenters. The van der Waals surface area contributed by atoms with Gasteiger partial charge in [0.25, 0.3) is 0 Å². The normalized spacial score (nSPS) is 22.3. The maximum atomic E-state index is 4.13. The molecule has 1 aromatic heterocycles. The van der Waals surface area contributed by atoms with Crippen LogP contribution in [0.15, 0.2) is 24.5 Å². The Kier molecular flexibility index (Phi) is 7.85. The van der Waals surface area contributed by atoms with Crippen LogP contribution in [0.4, 0.5) is 0 Å². The molecule has 118 valence electrons. The molecular weight excluding hydrogens is 254 g/mol. The van der Waals surface area contributed by atoms with Gasteiger partial charge in [-0.3, -0.25) is 4.98 Å². The van der Waals surface area contributed by atoms with Gasteiger partial charge in [0.2, 0.25) is 0 Å². The van der Waals surface area contributed by atoms with Crippen molar-refractivity contribution in [1.82, 2.24) is 4.98 Å². The fraction of sp³-hybridized carbons (Fsp3) is 0.750. The predicted octanol–water partition coefficient (Wildman–Crippen LogP) is 6.50. The van der Waals surface area contributed by atoms with Crippen LogP contribution >= 0.6 is 0 Å². The minimum atomic E-state index is 0.804. The highest BCUT2D eigenvalue weighted by atomic mass is 14.6. The van der Waals surface area contributed by atoms with E-state index in [1.54, 1.807) is 0 Å². The summed E-state index contributed by atoms with van der Waals surface area (Å²) in [5, 5.41) is 0.